The summed E-state index contributed by atoms with van der Waals surface area (Å²) in [5.74, 6) is 0. The molecular weight excluding hydrogens is 220 g/mol. The van der Waals surface area contributed by atoms with E-state index in [1.165, 1.54) is 28.2 Å². The van der Waals surface area contributed by atoms with Crippen molar-refractivity contribution in [3.05, 3.63) is 53.6 Å². The van der Waals surface area contributed by atoms with Crippen LogP contribution in [0.15, 0.2) is 36.4 Å². The zero-order valence-corrected chi connectivity index (χ0v) is 10.2. The van der Waals surface area contributed by atoms with Crippen LogP contribution in [0.3, 0.4) is 0 Å². The minimum absolute atomic E-state index is 1.06. The molecule has 1 N–H and O–H groups in total. The Labute approximate surface area is 107 Å². The van der Waals surface area contributed by atoms with E-state index in [2.05, 4.69) is 46.6 Å². The number of nitrogens with one attached hydrogen (secondary N) is 1. The van der Waals surface area contributed by atoms with Crippen LogP contribution in [-0.2, 0) is 12.8 Å². The summed E-state index contributed by atoms with van der Waals surface area (Å²) >= 11 is 0. The van der Waals surface area contributed by atoms with Crippen molar-refractivity contribution in [1.29, 1.82) is 0 Å². The van der Waals surface area contributed by atoms with Crippen LogP contribution >= 0.6 is 0 Å². The highest BCUT2D eigenvalue weighted by Gasteiger charge is 2.24. The van der Waals surface area contributed by atoms with Crippen molar-refractivity contribution in [3.8, 4) is 0 Å². The van der Waals surface area contributed by atoms with Crippen molar-refractivity contribution >= 4 is 17.1 Å². The lowest BCUT2D eigenvalue weighted by Gasteiger charge is -2.22. The van der Waals surface area contributed by atoms with E-state index in [-0.39, 0.29) is 0 Å². The van der Waals surface area contributed by atoms with E-state index in [4.69, 9.17) is 0 Å². The number of benzene rings is 2. The standard InChI is InChI=1S/C16H15N2/c1-2-6-15-12(4-1)9-11-18(15)16-7-3-5-14-13(16)8-10-17-14/h1,3-7,17H,8-11H2. The summed E-state index contributed by atoms with van der Waals surface area (Å²) in [5.41, 5.74) is 6.92. The molecular formula is C16H15N2. The lowest BCUT2D eigenvalue weighted by Crippen LogP contribution is -2.14. The van der Waals surface area contributed by atoms with Gasteiger partial charge >= 0.3 is 0 Å². The Hall–Kier alpha value is -1.96. The first-order chi connectivity index (χ1) is 8.93. The quantitative estimate of drug-likeness (QED) is 0.817. The summed E-state index contributed by atoms with van der Waals surface area (Å²) in [6.45, 7) is 2.15. The Morgan fingerprint density at radius 2 is 2.11 bits per heavy atom. The number of nitrogens with zero attached hydrogens (tertiary/aromatic N) is 1. The molecule has 0 amide bonds. The normalized spacial score (nSPS) is 16.3. The third-order valence-electron chi connectivity index (χ3n) is 3.96. The number of rotatable bonds is 1. The average molecular weight is 235 g/mol. The SMILES string of the molecule is [c]1ccc2c(c1)N(c1cccc3c1CCN3)CC2. The average Bonchev–Trinajstić information content (AvgIpc) is 3.05. The molecule has 0 aliphatic carbocycles. The van der Waals surface area contributed by atoms with E-state index in [0.29, 0.717) is 0 Å². The zero-order chi connectivity index (χ0) is 11.9. The number of hydrogen-bond donors (Lipinski definition) is 1. The Bertz CT molecular complexity index is 604. The van der Waals surface area contributed by atoms with Crippen molar-refractivity contribution in [2.45, 2.75) is 12.8 Å². The van der Waals surface area contributed by atoms with Crippen molar-refractivity contribution < 1.29 is 0 Å². The molecule has 0 saturated carbocycles. The van der Waals surface area contributed by atoms with Gasteiger partial charge in [0.25, 0.3) is 0 Å². The second kappa shape index (κ2) is 3.77. The largest absolute Gasteiger partial charge is 0.384 e. The maximum absolute atomic E-state index is 3.45. The lowest BCUT2D eigenvalue weighted by atomic mass is 10.1. The fourth-order valence-corrected chi connectivity index (χ4v) is 3.10. The summed E-state index contributed by atoms with van der Waals surface area (Å²) in [6.07, 6.45) is 2.27. The highest BCUT2D eigenvalue weighted by atomic mass is 15.2. The lowest BCUT2D eigenvalue weighted by molar-refractivity contribution is 0.984. The van der Waals surface area contributed by atoms with Gasteiger partial charge in [-0.25, -0.2) is 0 Å². The molecule has 0 bridgehead atoms. The van der Waals surface area contributed by atoms with Crippen molar-refractivity contribution in [2.75, 3.05) is 23.3 Å². The Kier molecular flexibility index (Phi) is 2.10. The van der Waals surface area contributed by atoms with Gasteiger partial charge in [0, 0.05) is 35.7 Å². The van der Waals surface area contributed by atoms with Crippen LogP contribution in [0.1, 0.15) is 11.1 Å². The third-order valence-corrected chi connectivity index (χ3v) is 3.96. The maximum atomic E-state index is 3.45. The molecule has 2 heteroatoms. The molecule has 0 fully saturated rings. The molecule has 0 atom stereocenters. The van der Waals surface area contributed by atoms with E-state index < -0.39 is 0 Å². The Balaban J connectivity index is 1.84. The first-order valence-corrected chi connectivity index (χ1v) is 6.56. The summed E-state index contributed by atoms with van der Waals surface area (Å²) in [6, 6.07) is 16.1. The van der Waals surface area contributed by atoms with E-state index in [1.807, 2.05) is 6.07 Å². The number of fused-ring (bicyclic) bond motifs is 2. The summed E-state index contributed by atoms with van der Waals surface area (Å²) in [5, 5.41) is 3.45. The molecule has 2 aromatic rings. The van der Waals surface area contributed by atoms with Gasteiger partial charge in [-0.15, -0.1) is 0 Å². The minimum atomic E-state index is 1.06. The number of anilines is 3. The van der Waals surface area contributed by atoms with E-state index in [0.717, 1.165) is 25.9 Å². The summed E-state index contributed by atoms with van der Waals surface area (Å²) in [7, 11) is 0. The fraction of sp³-hybridized carbons (Fsp3) is 0.250. The van der Waals surface area contributed by atoms with Crippen LogP contribution in [-0.4, -0.2) is 13.1 Å². The molecule has 89 valence electrons. The smallest absolute Gasteiger partial charge is 0.0464 e. The Morgan fingerprint density at radius 1 is 1.11 bits per heavy atom. The molecule has 2 aromatic carbocycles. The van der Waals surface area contributed by atoms with E-state index in [9.17, 15) is 0 Å². The van der Waals surface area contributed by atoms with Crippen molar-refractivity contribution in [2.24, 2.45) is 0 Å². The second-order valence-electron chi connectivity index (χ2n) is 4.94. The van der Waals surface area contributed by atoms with Crippen LogP contribution in [0.2, 0.25) is 0 Å². The van der Waals surface area contributed by atoms with Crippen LogP contribution < -0.4 is 10.2 Å². The molecule has 0 unspecified atom stereocenters. The molecule has 2 heterocycles. The molecule has 2 nitrogen and oxygen atoms in total. The first-order valence-electron chi connectivity index (χ1n) is 6.56. The topological polar surface area (TPSA) is 15.3 Å². The van der Waals surface area contributed by atoms with Crippen molar-refractivity contribution in [1.82, 2.24) is 0 Å². The van der Waals surface area contributed by atoms with Gasteiger partial charge in [0.05, 0.1) is 0 Å². The van der Waals surface area contributed by atoms with Gasteiger partial charge in [-0.1, -0.05) is 18.2 Å². The van der Waals surface area contributed by atoms with Crippen LogP contribution in [0.25, 0.3) is 0 Å². The van der Waals surface area contributed by atoms with Gasteiger partial charge in [-0.05, 0) is 42.7 Å². The van der Waals surface area contributed by atoms with Gasteiger partial charge < -0.3 is 10.2 Å². The molecule has 1 radical (unpaired) electrons. The fourth-order valence-electron chi connectivity index (χ4n) is 3.10. The Morgan fingerprint density at radius 3 is 3.11 bits per heavy atom. The first kappa shape index (κ1) is 10.0. The molecule has 4 rings (SSSR count). The van der Waals surface area contributed by atoms with Crippen LogP contribution in [0.5, 0.6) is 0 Å². The predicted molar refractivity (Wildman–Crippen MR) is 74.6 cm³/mol. The number of hydrogen-bond acceptors (Lipinski definition) is 2. The van der Waals surface area contributed by atoms with Gasteiger partial charge in [0.1, 0.15) is 0 Å². The zero-order valence-electron chi connectivity index (χ0n) is 10.2. The highest BCUT2D eigenvalue weighted by molar-refractivity contribution is 5.77. The molecule has 0 saturated heterocycles. The van der Waals surface area contributed by atoms with Gasteiger partial charge in [0.15, 0.2) is 0 Å². The third kappa shape index (κ3) is 1.35. The molecule has 0 aromatic heterocycles. The van der Waals surface area contributed by atoms with E-state index >= 15 is 0 Å². The monoisotopic (exact) mass is 235 g/mol. The van der Waals surface area contributed by atoms with Gasteiger partial charge in [-0.2, -0.15) is 0 Å². The van der Waals surface area contributed by atoms with Crippen LogP contribution in [0, 0.1) is 6.07 Å². The predicted octanol–water partition coefficient (Wildman–Crippen LogP) is 3.15. The van der Waals surface area contributed by atoms with Crippen LogP contribution in [0.4, 0.5) is 17.1 Å². The van der Waals surface area contributed by atoms with E-state index in [1.54, 1.807) is 0 Å². The molecule has 2 aliphatic heterocycles. The second-order valence-corrected chi connectivity index (χ2v) is 4.94. The molecule has 0 spiro atoms. The van der Waals surface area contributed by atoms with Gasteiger partial charge in [-0.3, -0.25) is 0 Å². The minimum Gasteiger partial charge on any atom is -0.384 e. The molecule has 2 aliphatic rings. The highest BCUT2D eigenvalue weighted by Crippen LogP contribution is 2.39. The molecule has 18 heavy (non-hydrogen) atoms. The van der Waals surface area contributed by atoms with Crippen molar-refractivity contribution in [3.63, 3.8) is 0 Å². The summed E-state index contributed by atoms with van der Waals surface area (Å²) < 4.78 is 0. The maximum Gasteiger partial charge on any atom is 0.0464 e. The summed E-state index contributed by atoms with van der Waals surface area (Å²) in [4.78, 5) is 2.44. The van der Waals surface area contributed by atoms with Gasteiger partial charge in [0.2, 0.25) is 0 Å².